The molecule has 25 heavy (non-hydrogen) atoms. The van der Waals surface area contributed by atoms with Crippen molar-refractivity contribution in [2.24, 2.45) is 5.41 Å². The minimum Gasteiger partial charge on any atom is -0.772 e. The van der Waals surface area contributed by atoms with Gasteiger partial charge in [0.25, 0.3) is 10.1 Å². The van der Waals surface area contributed by atoms with Crippen LogP contribution in [0.4, 0.5) is 0 Å². The summed E-state index contributed by atoms with van der Waals surface area (Å²) in [5.74, 6) is -1.00. The first-order chi connectivity index (χ1) is 11.6. The van der Waals surface area contributed by atoms with Crippen molar-refractivity contribution < 1.29 is 30.9 Å². The van der Waals surface area contributed by atoms with Gasteiger partial charge in [0.2, 0.25) is 0 Å². The Kier molecular flexibility index (Phi) is 8.70. The van der Waals surface area contributed by atoms with Crippen LogP contribution in [0.1, 0.15) is 37.0 Å². The van der Waals surface area contributed by atoms with E-state index in [0.29, 0.717) is 12.0 Å². The smallest absolute Gasteiger partial charge is 0.338 e. The van der Waals surface area contributed by atoms with Crippen molar-refractivity contribution in [1.82, 2.24) is 0 Å². The molecule has 0 amide bonds. The SMILES string of the molecule is CC(C)(CCOC(=O)c1ccccc1)COS(=O)(=O)CCCS(=O)[O-]. The number of ether oxygens (including phenoxy) is 1. The molecule has 1 unspecified atom stereocenters. The second-order valence-corrected chi connectivity index (χ2v) is 9.08. The van der Waals surface area contributed by atoms with E-state index in [1.165, 1.54) is 0 Å². The summed E-state index contributed by atoms with van der Waals surface area (Å²) < 4.78 is 54.4. The van der Waals surface area contributed by atoms with Crippen molar-refractivity contribution in [3.8, 4) is 0 Å². The van der Waals surface area contributed by atoms with Crippen LogP contribution in [0.2, 0.25) is 0 Å². The van der Waals surface area contributed by atoms with E-state index in [1.807, 2.05) is 0 Å². The van der Waals surface area contributed by atoms with E-state index in [9.17, 15) is 22.0 Å². The van der Waals surface area contributed by atoms with Gasteiger partial charge < -0.3 is 9.29 Å². The van der Waals surface area contributed by atoms with Crippen LogP contribution in [0, 0.1) is 5.41 Å². The third-order valence-electron chi connectivity index (χ3n) is 3.36. The Morgan fingerprint density at radius 1 is 1.24 bits per heavy atom. The number of hydrogen-bond acceptors (Lipinski definition) is 7. The van der Waals surface area contributed by atoms with Crippen LogP contribution in [-0.2, 0) is 30.1 Å². The van der Waals surface area contributed by atoms with Crippen molar-refractivity contribution in [3.05, 3.63) is 35.9 Å². The maximum absolute atomic E-state index is 11.8. The minimum absolute atomic E-state index is 0.00639. The molecule has 0 radical (unpaired) electrons. The van der Waals surface area contributed by atoms with Gasteiger partial charge in [-0.2, -0.15) is 8.42 Å². The number of benzene rings is 1. The second-order valence-electron chi connectivity index (χ2n) is 6.30. The highest BCUT2D eigenvalue weighted by Gasteiger charge is 2.23. The van der Waals surface area contributed by atoms with Crippen LogP contribution in [0.25, 0.3) is 0 Å². The first-order valence-corrected chi connectivity index (χ1v) is 10.6. The number of carbonyl (C=O) groups is 1. The number of hydrogen-bond donors (Lipinski definition) is 0. The van der Waals surface area contributed by atoms with Gasteiger partial charge in [0.05, 0.1) is 24.5 Å². The Labute approximate surface area is 151 Å². The molecule has 0 fully saturated rings. The molecule has 142 valence electrons. The first kappa shape index (κ1) is 21.8. The van der Waals surface area contributed by atoms with Crippen LogP contribution < -0.4 is 0 Å². The van der Waals surface area contributed by atoms with Gasteiger partial charge in [-0.05, 0) is 30.4 Å². The van der Waals surface area contributed by atoms with Crippen LogP contribution >= 0.6 is 0 Å². The summed E-state index contributed by atoms with van der Waals surface area (Å²) in [6.45, 7) is 3.66. The predicted molar refractivity (Wildman–Crippen MR) is 93.3 cm³/mol. The molecule has 7 nitrogen and oxygen atoms in total. The third-order valence-corrected chi connectivity index (χ3v) is 5.24. The van der Waals surface area contributed by atoms with Gasteiger partial charge in [0.15, 0.2) is 0 Å². The molecule has 0 heterocycles. The molecule has 9 heteroatoms. The average Bonchev–Trinajstić information content (AvgIpc) is 2.53. The van der Waals surface area contributed by atoms with E-state index in [2.05, 4.69) is 0 Å². The summed E-state index contributed by atoms with van der Waals surface area (Å²) in [6, 6.07) is 8.58. The summed E-state index contributed by atoms with van der Waals surface area (Å²) in [4.78, 5) is 11.8. The van der Waals surface area contributed by atoms with Crippen molar-refractivity contribution in [2.75, 3.05) is 24.7 Å². The van der Waals surface area contributed by atoms with E-state index in [0.717, 1.165) is 0 Å². The lowest BCUT2D eigenvalue weighted by Crippen LogP contribution is -2.25. The van der Waals surface area contributed by atoms with Gasteiger partial charge >= 0.3 is 5.97 Å². The van der Waals surface area contributed by atoms with Crippen LogP contribution in [0.15, 0.2) is 30.3 Å². The summed E-state index contributed by atoms with van der Waals surface area (Å²) in [7, 11) is -3.78. The number of rotatable bonds is 11. The summed E-state index contributed by atoms with van der Waals surface area (Å²) in [6.07, 6.45) is 0.416. The molecule has 1 aromatic carbocycles. The highest BCUT2D eigenvalue weighted by Crippen LogP contribution is 2.22. The normalized spacial score (nSPS) is 13.4. The average molecular weight is 391 g/mol. The van der Waals surface area contributed by atoms with Gasteiger partial charge in [-0.1, -0.05) is 43.1 Å². The topological polar surface area (TPSA) is 110 Å². The van der Waals surface area contributed by atoms with Crippen molar-refractivity contribution in [2.45, 2.75) is 26.7 Å². The lowest BCUT2D eigenvalue weighted by atomic mass is 9.91. The quantitative estimate of drug-likeness (QED) is 0.322. The largest absolute Gasteiger partial charge is 0.772 e. The molecule has 1 atom stereocenters. The Bertz CT molecular complexity index is 669. The van der Waals surface area contributed by atoms with Crippen LogP contribution in [0.3, 0.4) is 0 Å². The Morgan fingerprint density at radius 3 is 2.48 bits per heavy atom. The molecule has 1 rings (SSSR count). The first-order valence-electron chi connectivity index (χ1n) is 7.76. The maximum Gasteiger partial charge on any atom is 0.338 e. The van der Waals surface area contributed by atoms with E-state index in [1.54, 1.807) is 44.2 Å². The van der Waals surface area contributed by atoms with Crippen LogP contribution in [0.5, 0.6) is 0 Å². The Morgan fingerprint density at radius 2 is 1.88 bits per heavy atom. The van der Waals surface area contributed by atoms with Gasteiger partial charge in [-0.3, -0.25) is 8.39 Å². The van der Waals surface area contributed by atoms with E-state index < -0.39 is 32.6 Å². The Hall–Kier alpha value is -1.29. The standard InChI is InChI=1S/C16H24O7S2/c1-16(2,13-23-25(20,21)12-6-11-24(18)19)9-10-22-15(17)14-7-4-3-5-8-14/h3-5,7-8H,6,9-13H2,1-2H3,(H,18,19)/p-1. The summed E-state index contributed by atoms with van der Waals surface area (Å²) in [5.41, 5.74) is -0.0688. The molecule has 0 saturated carbocycles. The molecule has 1 aromatic rings. The van der Waals surface area contributed by atoms with E-state index in [-0.39, 0.29) is 31.1 Å². The molecule has 0 aliphatic carbocycles. The van der Waals surface area contributed by atoms with Crippen molar-refractivity contribution in [3.63, 3.8) is 0 Å². The van der Waals surface area contributed by atoms with Crippen molar-refractivity contribution >= 4 is 27.2 Å². The molecule has 0 spiro atoms. The summed E-state index contributed by atoms with van der Waals surface area (Å²) in [5, 5.41) is 0. The fraction of sp³-hybridized carbons (Fsp3) is 0.562. The lowest BCUT2D eigenvalue weighted by molar-refractivity contribution is 0.0428. The van der Waals surface area contributed by atoms with Gasteiger partial charge in [0, 0.05) is 5.75 Å². The number of carbonyl (C=O) groups excluding carboxylic acids is 1. The zero-order valence-corrected chi connectivity index (χ0v) is 15.9. The van der Waals surface area contributed by atoms with Gasteiger partial charge in [-0.15, -0.1) is 0 Å². The van der Waals surface area contributed by atoms with Gasteiger partial charge in [0.1, 0.15) is 0 Å². The lowest BCUT2D eigenvalue weighted by Gasteiger charge is -2.23. The van der Waals surface area contributed by atoms with E-state index >= 15 is 0 Å². The molecular weight excluding hydrogens is 368 g/mol. The van der Waals surface area contributed by atoms with Crippen molar-refractivity contribution in [1.29, 1.82) is 0 Å². The maximum atomic E-state index is 11.8. The fourth-order valence-corrected chi connectivity index (χ4v) is 3.49. The fourth-order valence-electron chi connectivity index (χ4n) is 1.81. The monoisotopic (exact) mass is 391 g/mol. The molecule has 0 saturated heterocycles. The molecular formula is C16H23O7S2-. The molecule has 0 aromatic heterocycles. The number of esters is 1. The molecule has 0 N–H and O–H groups in total. The molecule has 0 aliphatic rings. The third kappa shape index (κ3) is 9.69. The minimum atomic E-state index is -3.78. The van der Waals surface area contributed by atoms with Crippen LogP contribution in [-0.4, -0.2) is 47.9 Å². The predicted octanol–water partition coefficient (Wildman–Crippen LogP) is 1.88. The Balaban J connectivity index is 2.35. The van der Waals surface area contributed by atoms with Gasteiger partial charge in [-0.25, -0.2) is 4.79 Å². The zero-order chi connectivity index (χ0) is 18.9. The highest BCUT2D eigenvalue weighted by atomic mass is 32.2. The van der Waals surface area contributed by atoms with E-state index in [4.69, 9.17) is 8.92 Å². The second kappa shape index (κ2) is 10.0. The highest BCUT2D eigenvalue weighted by molar-refractivity contribution is 7.86. The zero-order valence-electron chi connectivity index (χ0n) is 14.3. The summed E-state index contributed by atoms with van der Waals surface area (Å²) >= 11 is -2.26. The molecule has 0 aliphatic heterocycles. The molecule has 0 bridgehead atoms.